The zero-order valence-electron chi connectivity index (χ0n) is 9.44. The molecule has 88 valence electrons. The van der Waals surface area contributed by atoms with Crippen LogP contribution in [0.3, 0.4) is 0 Å². The van der Waals surface area contributed by atoms with Gasteiger partial charge in [0.2, 0.25) is 0 Å². The number of nitrogens with zero attached hydrogens (tertiary/aromatic N) is 2. The highest BCUT2D eigenvalue weighted by Crippen LogP contribution is 2.23. The van der Waals surface area contributed by atoms with Gasteiger partial charge in [0.15, 0.2) is 0 Å². The molecule has 1 aliphatic carbocycles. The molecule has 2 aromatic rings. The normalized spacial score (nSPS) is 15.1. The number of halogens is 1. The first-order valence-electron chi connectivity index (χ1n) is 5.85. The third-order valence-corrected chi connectivity index (χ3v) is 3.45. The third-order valence-electron chi connectivity index (χ3n) is 2.96. The van der Waals surface area contributed by atoms with Crippen molar-refractivity contribution in [1.29, 1.82) is 0 Å². The summed E-state index contributed by atoms with van der Waals surface area (Å²) in [5.74, 6) is 0. The average Bonchev–Trinajstić information content (AvgIpc) is 3.00. The predicted octanol–water partition coefficient (Wildman–Crippen LogP) is 2.89. The summed E-state index contributed by atoms with van der Waals surface area (Å²) < 4.78 is 2.99. The lowest BCUT2D eigenvalue weighted by Gasteiger charge is -2.11. The zero-order valence-corrected chi connectivity index (χ0v) is 11.0. The van der Waals surface area contributed by atoms with Gasteiger partial charge in [-0.15, -0.1) is 0 Å². The summed E-state index contributed by atoms with van der Waals surface area (Å²) in [5, 5.41) is 7.84. The lowest BCUT2D eigenvalue weighted by molar-refractivity contribution is 0.681. The van der Waals surface area contributed by atoms with Crippen molar-refractivity contribution in [2.45, 2.75) is 25.4 Å². The van der Waals surface area contributed by atoms with Gasteiger partial charge in [-0.1, -0.05) is 22.0 Å². The minimum Gasteiger partial charge on any atom is -0.310 e. The maximum atomic E-state index is 4.30. The van der Waals surface area contributed by atoms with E-state index in [4.69, 9.17) is 0 Å². The van der Waals surface area contributed by atoms with Crippen LogP contribution in [0.25, 0.3) is 5.69 Å². The maximum Gasteiger partial charge on any atom is 0.0701 e. The molecule has 3 nitrogen and oxygen atoms in total. The van der Waals surface area contributed by atoms with E-state index in [2.05, 4.69) is 44.5 Å². The van der Waals surface area contributed by atoms with Crippen LogP contribution in [0.1, 0.15) is 18.4 Å². The second-order valence-electron chi connectivity index (χ2n) is 4.38. The molecule has 1 aromatic heterocycles. The number of rotatable bonds is 4. The second-order valence-corrected chi connectivity index (χ2v) is 5.29. The van der Waals surface area contributed by atoms with Crippen LogP contribution in [0.5, 0.6) is 0 Å². The molecule has 0 spiro atoms. The molecular weight excluding hydrogens is 278 g/mol. The van der Waals surface area contributed by atoms with Crippen LogP contribution in [-0.4, -0.2) is 15.8 Å². The number of hydrogen-bond acceptors (Lipinski definition) is 2. The Hall–Kier alpha value is -1.13. The Labute approximate surface area is 109 Å². The molecule has 1 aromatic carbocycles. The van der Waals surface area contributed by atoms with Crippen molar-refractivity contribution in [3.8, 4) is 5.69 Å². The van der Waals surface area contributed by atoms with Gasteiger partial charge in [-0.05, 0) is 36.6 Å². The Morgan fingerprint density at radius 3 is 3.00 bits per heavy atom. The van der Waals surface area contributed by atoms with Crippen LogP contribution in [0.4, 0.5) is 0 Å². The van der Waals surface area contributed by atoms with E-state index in [0.29, 0.717) is 0 Å². The number of hydrogen-bond donors (Lipinski definition) is 1. The summed E-state index contributed by atoms with van der Waals surface area (Å²) in [4.78, 5) is 0. The zero-order chi connectivity index (χ0) is 11.7. The van der Waals surface area contributed by atoms with Gasteiger partial charge < -0.3 is 5.32 Å². The Kier molecular flexibility index (Phi) is 2.99. The molecule has 0 aliphatic heterocycles. The lowest BCUT2D eigenvalue weighted by atomic mass is 10.2. The van der Waals surface area contributed by atoms with E-state index < -0.39 is 0 Å². The van der Waals surface area contributed by atoms with Crippen molar-refractivity contribution in [3.05, 3.63) is 46.7 Å². The minimum absolute atomic E-state index is 0.726. The molecule has 0 radical (unpaired) electrons. The molecule has 1 fully saturated rings. The smallest absolute Gasteiger partial charge is 0.0701 e. The van der Waals surface area contributed by atoms with Gasteiger partial charge in [-0.3, -0.25) is 0 Å². The molecule has 1 aliphatic rings. The fourth-order valence-corrected chi connectivity index (χ4v) is 2.20. The Balaban J connectivity index is 1.89. The Morgan fingerprint density at radius 2 is 2.29 bits per heavy atom. The molecule has 17 heavy (non-hydrogen) atoms. The van der Waals surface area contributed by atoms with Crippen LogP contribution in [-0.2, 0) is 6.54 Å². The quantitative estimate of drug-likeness (QED) is 0.939. The van der Waals surface area contributed by atoms with E-state index in [1.54, 1.807) is 6.20 Å². The van der Waals surface area contributed by atoms with Crippen LogP contribution in [0.2, 0.25) is 0 Å². The first-order chi connectivity index (χ1) is 8.33. The van der Waals surface area contributed by atoms with Crippen molar-refractivity contribution in [1.82, 2.24) is 15.1 Å². The monoisotopic (exact) mass is 291 g/mol. The molecule has 1 N–H and O–H groups in total. The average molecular weight is 292 g/mol. The van der Waals surface area contributed by atoms with E-state index in [-0.39, 0.29) is 0 Å². The summed E-state index contributed by atoms with van der Waals surface area (Å²) >= 11 is 3.51. The van der Waals surface area contributed by atoms with Gasteiger partial charge in [0, 0.05) is 29.5 Å². The summed E-state index contributed by atoms with van der Waals surface area (Å²) in [5.41, 5.74) is 2.42. The highest BCUT2D eigenvalue weighted by atomic mass is 79.9. The van der Waals surface area contributed by atoms with Crippen molar-refractivity contribution in [2.24, 2.45) is 0 Å². The van der Waals surface area contributed by atoms with E-state index >= 15 is 0 Å². The van der Waals surface area contributed by atoms with Gasteiger partial charge in [0.25, 0.3) is 0 Å². The Bertz CT molecular complexity index is 503. The SMILES string of the molecule is Brc1ccc(CNC2CC2)c(-n2cccn2)c1. The largest absolute Gasteiger partial charge is 0.310 e. The molecule has 3 rings (SSSR count). The second kappa shape index (κ2) is 4.63. The van der Waals surface area contributed by atoms with Crippen LogP contribution in [0, 0.1) is 0 Å². The molecule has 0 amide bonds. The summed E-state index contributed by atoms with van der Waals surface area (Å²) in [7, 11) is 0. The number of aromatic nitrogens is 2. The molecule has 1 heterocycles. The van der Waals surface area contributed by atoms with Crippen LogP contribution >= 0.6 is 15.9 Å². The molecule has 0 saturated heterocycles. The van der Waals surface area contributed by atoms with E-state index in [1.807, 2.05) is 16.9 Å². The molecule has 0 atom stereocenters. The van der Waals surface area contributed by atoms with E-state index in [9.17, 15) is 0 Å². The molecule has 4 heteroatoms. The molecular formula is C13H14BrN3. The number of benzene rings is 1. The maximum absolute atomic E-state index is 4.30. The van der Waals surface area contributed by atoms with Crippen LogP contribution < -0.4 is 5.32 Å². The first-order valence-corrected chi connectivity index (χ1v) is 6.64. The summed E-state index contributed by atoms with van der Waals surface area (Å²) in [6, 6.07) is 9.01. The number of nitrogens with one attached hydrogen (secondary N) is 1. The highest BCUT2D eigenvalue weighted by Gasteiger charge is 2.20. The lowest BCUT2D eigenvalue weighted by Crippen LogP contribution is -2.17. The topological polar surface area (TPSA) is 29.9 Å². The van der Waals surface area contributed by atoms with Gasteiger partial charge in [-0.25, -0.2) is 4.68 Å². The van der Waals surface area contributed by atoms with E-state index in [1.165, 1.54) is 18.4 Å². The fraction of sp³-hybridized carbons (Fsp3) is 0.308. The molecule has 0 unspecified atom stereocenters. The summed E-state index contributed by atoms with van der Waals surface area (Å²) in [6.07, 6.45) is 6.41. The summed E-state index contributed by atoms with van der Waals surface area (Å²) in [6.45, 7) is 0.910. The van der Waals surface area contributed by atoms with Gasteiger partial charge >= 0.3 is 0 Å². The fourth-order valence-electron chi connectivity index (χ4n) is 1.85. The highest BCUT2D eigenvalue weighted by molar-refractivity contribution is 9.10. The van der Waals surface area contributed by atoms with Gasteiger partial charge in [0.05, 0.1) is 5.69 Å². The first kappa shape index (κ1) is 11.0. The van der Waals surface area contributed by atoms with Gasteiger partial charge in [-0.2, -0.15) is 5.10 Å². The predicted molar refractivity (Wildman–Crippen MR) is 71.1 cm³/mol. The van der Waals surface area contributed by atoms with Gasteiger partial charge in [0.1, 0.15) is 0 Å². The molecule has 1 saturated carbocycles. The van der Waals surface area contributed by atoms with Crippen molar-refractivity contribution < 1.29 is 0 Å². The standard InChI is InChI=1S/C13H14BrN3/c14-11-3-2-10(9-15-12-4-5-12)13(8-11)17-7-1-6-16-17/h1-3,6-8,12,15H,4-5,9H2. The third kappa shape index (κ3) is 2.58. The van der Waals surface area contributed by atoms with Crippen molar-refractivity contribution >= 4 is 15.9 Å². The van der Waals surface area contributed by atoms with Crippen molar-refractivity contribution in [3.63, 3.8) is 0 Å². The van der Waals surface area contributed by atoms with Crippen molar-refractivity contribution in [2.75, 3.05) is 0 Å². The molecule has 0 bridgehead atoms. The van der Waals surface area contributed by atoms with E-state index in [0.717, 1.165) is 22.7 Å². The minimum atomic E-state index is 0.726. The van der Waals surface area contributed by atoms with Crippen LogP contribution in [0.15, 0.2) is 41.1 Å². The Morgan fingerprint density at radius 1 is 1.41 bits per heavy atom.